The van der Waals surface area contributed by atoms with Crippen LogP contribution in [-0.2, 0) is 6.61 Å². The van der Waals surface area contributed by atoms with Gasteiger partial charge in [-0.05, 0) is 53.6 Å². The first-order valence-electron chi connectivity index (χ1n) is 10.8. The number of fused-ring (bicyclic) bond motifs is 1. The first-order chi connectivity index (χ1) is 16.7. The highest BCUT2D eigenvalue weighted by molar-refractivity contribution is 7.22. The first-order valence-corrected chi connectivity index (χ1v) is 11.6. The van der Waals surface area contributed by atoms with Crippen LogP contribution in [0, 0.1) is 0 Å². The number of hydrogen-bond donors (Lipinski definition) is 1. The topological polar surface area (TPSA) is 60.5 Å². The van der Waals surface area contributed by atoms with Gasteiger partial charge in [0.1, 0.15) is 24.4 Å². The predicted octanol–water partition coefficient (Wildman–Crippen LogP) is 7.11. The Kier molecular flexibility index (Phi) is 6.23. The number of aldehydes is 1. The second-order valence-corrected chi connectivity index (χ2v) is 8.77. The van der Waals surface area contributed by atoms with Gasteiger partial charge in [-0.1, -0.05) is 36.4 Å². The Morgan fingerprint density at radius 2 is 1.79 bits per heavy atom. The van der Waals surface area contributed by atoms with Gasteiger partial charge in [-0.2, -0.15) is 0 Å². The molecule has 6 heteroatoms. The molecule has 0 aliphatic carbocycles. The lowest BCUT2D eigenvalue weighted by Crippen LogP contribution is -1.97. The molecule has 2 heterocycles. The molecule has 5 rings (SSSR count). The second-order valence-electron chi connectivity index (χ2n) is 7.72. The molecule has 0 radical (unpaired) electrons. The monoisotopic (exact) mass is 466 g/mol. The van der Waals surface area contributed by atoms with Gasteiger partial charge < -0.3 is 14.8 Å². The number of nitrogens with zero attached hydrogens (tertiary/aromatic N) is 1. The number of benzene rings is 3. The quantitative estimate of drug-likeness (QED) is 0.247. The highest BCUT2D eigenvalue weighted by atomic mass is 32.1. The van der Waals surface area contributed by atoms with Crippen LogP contribution in [0.2, 0.25) is 0 Å². The van der Waals surface area contributed by atoms with Gasteiger partial charge in [-0.3, -0.25) is 9.78 Å². The zero-order valence-electron chi connectivity index (χ0n) is 18.5. The van der Waals surface area contributed by atoms with E-state index in [2.05, 4.69) is 16.4 Å². The highest BCUT2D eigenvalue weighted by Crippen LogP contribution is 2.38. The summed E-state index contributed by atoms with van der Waals surface area (Å²) in [5, 5.41) is 3.51. The molecule has 0 amide bonds. The average Bonchev–Trinajstić information content (AvgIpc) is 3.34. The van der Waals surface area contributed by atoms with Crippen molar-refractivity contribution < 1.29 is 14.3 Å². The third-order valence-electron chi connectivity index (χ3n) is 5.40. The van der Waals surface area contributed by atoms with E-state index < -0.39 is 0 Å². The number of pyridine rings is 1. The van der Waals surface area contributed by atoms with E-state index in [1.54, 1.807) is 30.7 Å². The Balaban J connectivity index is 1.35. The second kappa shape index (κ2) is 9.77. The van der Waals surface area contributed by atoms with Crippen LogP contribution in [-0.4, -0.2) is 18.4 Å². The molecule has 168 valence electrons. The molecule has 0 fully saturated rings. The Hall–Kier alpha value is -4.16. The van der Waals surface area contributed by atoms with Gasteiger partial charge in [0.25, 0.3) is 0 Å². The van der Waals surface area contributed by atoms with E-state index in [9.17, 15) is 4.79 Å². The van der Waals surface area contributed by atoms with E-state index in [1.165, 1.54) is 0 Å². The Bertz CT molecular complexity index is 1440. The van der Waals surface area contributed by atoms with Gasteiger partial charge in [0.15, 0.2) is 0 Å². The minimum Gasteiger partial charge on any atom is -0.497 e. The zero-order chi connectivity index (χ0) is 23.3. The molecule has 0 bridgehead atoms. The van der Waals surface area contributed by atoms with Crippen LogP contribution in [0.25, 0.3) is 20.7 Å². The number of carbonyl (C=O) groups is 1. The lowest BCUT2D eigenvalue weighted by Gasteiger charge is -2.11. The molecule has 34 heavy (non-hydrogen) atoms. The molecular formula is C28H22N2O3S. The Morgan fingerprint density at radius 3 is 2.62 bits per heavy atom. The number of anilines is 2. The molecule has 0 unspecified atom stereocenters. The zero-order valence-corrected chi connectivity index (χ0v) is 19.3. The maximum Gasteiger partial charge on any atom is 0.150 e. The molecule has 0 saturated heterocycles. The maximum atomic E-state index is 11.2. The van der Waals surface area contributed by atoms with Crippen LogP contribution in [0.15, 0.2) is 91.1 Å². The van der Waals surface area contributed by atoms with Crippen LogP contribution in [0.3, 0.4) is 0 Å². The maximum absolute atomic E-state index is 11.2. The summed E-state index contributed by atoms with van der Waals surface area (Å²) in [5.41, 5.74) is 5.55. The smallest absolute Gasteiger partial charge is 0.150 e. The highest BCUT2D eigenvalue weighted by Gasteiger charge is 2.10. The minimum atomic E-state index is 0.473. The Labute approximate surface area is 201 Å². The number of methoxy groups -OCH3 is 1. The number of thiophene rings is 1. The molecule has 2 aromatic heterocycles. The SMILES string of the molecule is COc1ccc(COc2cccc(Nc3ccnc4cc(-c5cccc(C=O)c5)sc34)c2)cc1. The van der Waals surface area contributed by atoms with Gasteiger partial charge in [0, 0.05) is 28.4 Å². The molecule has 0 atom stereocenters. The van der Waals surface area contributed by atoms with Gasteiger partial charge in [-0.15, -0.1) is 11.3 Å². The average molecular weight is 467 g/mol. The van der Waals surface area contributed by atoms with Crippen LogP contribution in [0.5, 0.6) is 11.5 Å². The summed E-state index contributed by atoms with van der Waals surface area (Å²) >= 11 is 1.65. The standard InChI is InChI=1S/C28H22N2O3S/c1-32-23-10-8-19(9-11-23)18-33-24-7-3-6-22(15-24)30-25-12-13-29-26-16-27(34-28(25)26)21-5-2-4-20(14-21)17-31/h2-17H,18H2,1H3,(H,29,30). The van der Waals surface area contributed by atoms with Crippen molar-refractivity contribution in [3.8, 4) is 21.9 Å². The lowest BCUT2D eigenvalue weighted by molar-refractivity contribution is 0.112. The third kappa shape index (κ3) is 4.77. The number of hydrogen-bond acceptors (Lipinski definition) is 6. The number of rotatable bonds is 8. The summed E-state index contributed by atoms with van der Waals surface area (Å²) in [6.07, 6.45) is 2.67. The van der Waals surface area contributed by atoms with Crippen molar-refractivity contribution >= 4 is 39.2 Å². The summed E-state index contributed by atoms with van der Waals surface area (Å²) in [6.45, 7) is 0.473. The molecule has 5 nitrogen and oxygen atoms in total. The van der Waals surface area contributed by atoms with E-state index in [0.717, 1.165) is 55.4 Å². The van der Waals surface area contributed by atoms with Gasteiger partial charge >= 0.3 is 0 Å². The fraction of sp³-hybridized carbons (Fsp3) is 0.0714. The van der Waals surface area contributed by atoms with E-state index in [-0.39, 0.29) is 0 Å². The third-order valence-corrected chi connectivity index (χ3v) is 6.60. The van der Waals surface area contributed by atoms with Crippen LogP contribution < -0.4 is 14.8 Å². The van der Waals surface area contributed by atoms with E-state index >= 15 is 0 Å². The van der Waals surface area contributed by atoms with Crippen molar-refractivity contribution in [2.45, 2.75) is 6.61 Å². The lowest BCUT2D eigenvalue weighted by atomic mass is 10.1. The fourth-order valence-corrected chi connectivity index (χ4v) is 4.73. The molecule has 0 saturated carbocycles. The number of aromatic nitrogens is 1. The van der Waals surface area contributed by atoms with E-state index in [1.807, 2.05) is 72.8 Å². The van der Waals surface area contributed by atoms with Crippen molar-refractivity contribution in [1.29, 1.82) is 0 Å². The van der Waals surface area contributed by atoms with E-state index in [4.69, 9.17) is 9.47 Å². The minimum absolute atomic E-state index is 0.473. The molecule has 5 aromatic rings. The summed E-state index contributed by atoms with van der Waals surface area (Å²) in [4.78, 5) is 16.8. The molecule has 0 aliphatic rings. The summed E-state index contributed by atoms with van der Waals surface area (Å²) in [6, 6.07) is 27.4. The number of nitrogens with one attached hydrogen (secondary N) is 1. The molecular weight excluding hydrogens is 444 g/mol. The van der Waals surface area contributed by atoms with Crippen molar-refractivity contribution in [2.75, 3.05) is 12.4 Å². The largest absolute Gasteiger partial charge is 0.497 e. The number of carbonyl (C=O) groups excluding carboxylic acids is 1. The van der Waals surface area contributed by atoms with Crippen molar-refractivity contribution in [3.63, 3.8) is 0 Å². The van der Waals surface area contributed by atoms with Gasteiger partial charge in [-0.25, -0.2) is 0 Å². The van der Waals surface area contributed by atoms with Gasteiger partial charge in [0.2, 0.25) is 0 Å². The molecule has 1 N–H and O–H groups in total. The van der Waals surface area contributed by atoms with Crippen molar-refractivity contribution in [1.82, 2.24) is 4.98 Å². The molecule has 0 spiro atoms. The van der Waals surface area contributed by atoms with Crippen molar-refractivity contribution in [3.05, 3.63) is 102 Å². The van der Waals surface area contributed by atoms with E-state index in [0.29, 0.717) is 12.2 Å². The normalized spacial score (nSPS) is 10.7. The molecule has 0 aliphatic heterocycles. The number of ether oxygens (including phenoxy) is 2. The first kappa shape index (κ1) is 21.7. The predicted molar refractivity (Wildman–Crippen MR) is 137 cm³/mol. The summed E-state index contributed by atoms with van der Waals surface area (Å²) in [7, 11) is 1.66. The summed E-state index contributed by atoms with van der Waals surface area (Å²) in [5.74, 6) is 1.61. The van der Waals surface area contributed by atoms with Crippen molar-refractivity contribution in [2.24, 2.45) is 0 Å². The van der Waals surface area contributed by atoms with Crippen LogP contribution in [0.1, 0.15) is 15.9 Å². The summed E-state index contributed by atoms with van der Waals surface area (Å²) < 4.78 is 12.3. The van der Waals surface area contributed by atoms with Gasteiger partial charge in [0.05, 0.1) is 23.0 Å². The molecule has 3 aromatic carbocycles. The Morgan fingerprint density at radius 1 is 0.941 bits per heavy atom. The van der Waals surface area contributed by atoms with Crippen LogP contribution in [0.4, 0.5) is 11.4 Å². The fourth-order valence-electron chi connectivity index (χ4n) is 3.65. The van der Waals surface area contributed by atoms with Crippen LogP contribution >= 0.6 is 11.3 Å².